The minimum atomic E-state index is -1.14. The number of benzene rings is 1. The van der Waals surface area contributed by atoms with Gasteiger partial charge in [-0.2, -0.15) is 0 Å². The van der Waals surface area contributed by atoms with Gasteiger partial charge in [-0.25, -0.2) is 13.8 Å². The first-order valence-electron chi connectivity index (χ1n) is 5.76. The average Bonchev–Trinajstić information content (AvgIpc) is 2.43. The van der Waals surface area contributed by atoms with Gasteiger partial charge in [0, 0.05) is 25.3 Å². The van der Waals surface area contributed by atoms with Gasteiger partial charge in [0.2, 0.25) is 5.91 Å². The number of aromatic nitrogens is 1. The molecule has 0 aliphatic heterocycles. The highest BCUT2D eigenvalue weighted by molar-refractivity contribution is 5.98. The number of pyridine rings is 1. The maximum Gasteiger partial charge on any atom is 0.274 e. The van der Waals surface area contributed by atoms with E-state index in [1.165, 1.54) is 13.0 Å². The van der Waals surface area contributed by atoms with Crippen molar-refractivity contribution in [1.82, 2.24) is 4.98 Å². The molecule has 0 aliphatic carbocycles. The second-order valence-corrected chi connectivity index (χ2v) is 4.08. The molecule has 0 saturated carbocycles. The monoisotopic (exact) mass is 293 g/mol. The van der Waals surface area contributed by atoms with Crippen molar-refractivity contribution in [3.63, 3.8) is 0 Å². The lowest BCUT2D eigenvalue weighted by molar-refractivity contribution is -0.384. The van der Waals surface area contributed by atoms with E-state index in [2.05, 4.69) is 4.98 Å². The predicted octanol–water partition coefficient (Wildman–Crippen LogP) is 2.95. The molecule has 1 aromatic heterocycles. The maximum absolute atomic E-state index is 13.3. The van der Waals surface area contributed by atoms with Crippen molar-refractivity contribution in [1.29, 1.82) is 0 Å². The van der Waals surface area contributed by atoms with Gasteiger partial charge in [-0.3, -0.25) is 19.8 Å². The number of rotatable bonds is 3. The maximum atomic E-state index is 13.3. The molecule has 2 aromatic rings. The van der Waals surface area contributed by atoms with Crippen LogP contribution in [-0.4, -0.2) is 15.8 Å². The Bertz CT molecular complexity index is 722. The summed E-state index contributed by atoms with van der Waals surface area (Å²) in [4.78, 5) is 26.6. The molecule has 0 unspecified atom stereocenters. The molecule has 1 heterocycles. The van der Waals surface area contributed by atoms with Crippen LogP contribution < -0.4 is 4.90 Å². The molecule has 1 aromatic carbocycles. The standard InChI is InChI=1S/C13H9F2N3O3/c1-8(19)17(9-2-3-11(14)12(15)6-9)13-7-10(18(20)21)4-5-16-13/h2-7H,1H3. The van der Waals surface area contributed by atoms with Gasteiger partial charge in [0.05, 0.1) is 16.7 Å². The highest BCUT2D eigenvalue weighted by atomic mass is 19.2. The molecule has 8 heteroatoms. The minimum absolute atomic E-state index is 0.0226. The molecule has 108 valence electrons. The number of nitro groups is 1. The van der Waals surface area contributed by atoms with Gasteiger partial charge < -0.3 is 0 Å². The van der Waals surface area contributed by atoms with Gasteiger partial charge in [0.25, 0.3) is 5.69 Å². The second-order valence-electron chi connectivity index (χ2n) is 4.08. The Morgan fingerprint density at radius 3 is 2.52 bits per heavy atom. The Morgan fingerprint density at radius 2 is 1.95 bits per heavy atom. The van der Waals surface area contributed by atoms with Crippen LogP contribution in [0.25, 0.3) is 0 Å². The molecule has 0 aliphatic rings. The van der Waals surface area contributed by atoms with Gasteiger partial charge in [-0.1, -0.05) is 0 Å². The number of nitrogens with zero attached hydrogens (tertiary/aromatic N) is 3. The number of halogens is 2. The Hall–Kier alpha value is -2.90. The third kappa shape index (κ3) is 2.99. The van der Waals surface area contributed by atoms with Crippen LogP contribution >= 0.6 is 0 Å². The SMILES string of the molecule is CC(=O)N(c1ccc(F)c(F)c1)c1cc([N+](=O)[O-])ccn1. The van der Waals surface area contributed by atoms with Crippen LogP contribution in [0.5, 0.6) is 0 Å². The topological polar surface area (TPSA) is 76.3 Å². The van der Waals surface area contributed by atoms with Crippen molar-refractivity contribution >= 4 is 23.1 Å². The molecule has 2 rings (SSSR count). The Morgan fingerprint density at radius 1 is 1.24 bits per heavy atom. The molecular weight excluding hydrogens is 284 g/mol. The molecule has 0 saturated heterocycles. The van der Waals surface area contributed by atoms with E-state index in [4.69, 9.17) is 0 Å². The van der Waals surface area contributed by atoms with Crippen molar-refractivity contribution < 1.29 is 18.5 Å². The number of carbonyl (C=O) groups is 1. The van der Waals surface area contributed by atoms with Crippen LogP contribution in [0, 0.1) is 21.7 Å². The summed E-state index contributed by atoms with van der Waals surface area (Å²) in [6, 6.07) is 5.09. The summed E-state index contributed by atoms with van der Waals surface area (Å²) in [5.74, 6) is -2.80. The Balaban J connectivity index is 2.53. The summed E-state index contributed by atoms with van der Waals surface area (Å²) < 4.78 is 26.2. The largest absolute Gasteiger partial charge is 0.274 e. The number of carbonyl (C=O) groups excluding carboxylic acids is 1. The normalized spacial score (nSPS) is 10.2. The summed E-state index contributed by atoms with van der Waals surface area (Å²) in [5, 5.41) is 10.7. The number of hydrogen-bond donors (Lipinski definition) is 0. The number of amides is 1. The van der Waals surface area contributed by atoms with E-state index in [0.717, 1.165) is 35.4 Å². The van der Waals surface area contributed by atoms with Gasteiger partial charge in [-0.15, -0.1) is 0 Å². The highest BCUT2D eigenvalue weighted by Gasteiger charge is 2.19. The molecule has 0 radical (unpaired) electrons. The Kier molecular flexibility index (Phi) is 3.88. The summed E-state index contributed by atoms with van der Waals surface area (Å²) in [6.45, 7) is 1.18. The van der Waals surface area contributed by atoms with E-state index < -0.39 is 22.5 Å². The smallest absolute Gasteiger partial charge is 0.274 e. The highest BCUT2D eigenvalue weighted by Crippen LogP contribution is 2.27. The second kappa shape index (κ2) is 5.61. The third-order valence-corrected chi connectivity index (χ3v) is 2.65. The zero-order valence-corrected chi connectivity index (χ0v) is 10.8. The van der Waals surface area contributed by atoms with E-state index in [-0.39, 0.29) is 17.2 Å². The zero-order chi connectivity index (χ0) is 15.6. The summed E-state index contributed by atoms with van der Waals surface area (Å²) in [7, 11) is 0. The van der Waals surface area contributed by atoms with E-state index in [9.17, 15) is 23.7 Å². The van der Waals surface area contributed by atoms with E-state index in [0.29, 0.717) is 0 Å². The molecule has 0 atom stereocenters. The van der Waals surface area contributed by atoms with Gasteiger partial charge in [0.1, 0.15) is 5.82 Å². The summed E-state index contributed by atoms with van der Waals surface area (Å²) >= 11 is 0. The fourth-order valence-corrected chi connectivity index (χ4v) is 1.74. The molecule has 0 fully saturated rings. The van der Waals surface area contributed by atoms with Crippen molar-refractivity contribution in [2.24, 2.45) is 0 Å². The molecule has 6 nitrogen and oxygen atoms in total. The molecular formula is C13H9F2N3O3. The van der Waals surface area contributed by atoms with Gasteiger partial charge in [-0.05, 0) is 12.1 Å². The van der Waals surface area contributed by atoms with Crippen LogP contribution in [-0.2, 0) is 4.79 Å². The third-order valence-electron chi connectivity index (χ3n) is 2.65. The van der Waals surface area contributed by atoms with E-state index in [1.807, 2.05) is 0 Å². The first-order valence-corrected chi connectivity index (χ1v) is 5.76. The lowest BCUT2D eigenvalue weighted by atomic mass is 10.2. The lowest BCUT2D eigenvalue weighted by Crippen LogP contribution is -2.24. The molecule has 0 bridgehead atoms. The van der Waals surface area contributed by atoms with Crippen LogP contribution in [0.2, 0.25) is 0 Å². The fourth-order valence-electron chi connectivity index (χ4n) is 1.74. The van der Waals surface area contributed by atoms with Crippen LogP contribution in [0.15, 0.2) is 36.5 Å². The van der Waals surface area contributed by atoms with Gasteiger partial charge >= 0.3 is 0 Å². The lowest BCUT2D eigenvalue weighted by Gasteiger charge is -2.20. The van der Waals surface area contributed by atoms with Crippen LogP contribution in [0.3, 0.4) is 0 Å². The molecule has 0 N–H and O–H groups in total. The fraction of sp³-hybridized carbons (Fsp3) is 0.0769. The zero-order valence-electron chi connectivity index (χ0n) is 10.8. The predicted molar refractivity (Wildman–Crippen MR) is 70.1 cm³/mol. The molecule has 0 spiro atoms. The van der Waals surface area contributed by atoms with Gasteiger partial charge in [0.15, 0.2) is 11.6 Å². The van der Waals surface area contributed by atoms with Crippen LogP contribution in [0.1, 0.15) is 6.92 Å². The van der Waals surface area contributed by atoms with Crippen molar-refractivity contribution in [2.75, 3.05) is 4.90 Å². The van der Waals surface area contributed by atoms with Crippen molar-refractivity contribution in [3.05, 3.63) is 58.3 Å². The van der Waals surface area contributed by atoms with Crippen molar-refractivity contribution in [3.8, 4) is 0 Å². The molecule has 1 amide bonds. The number of hydrogen-bond acceptors (Lipinski definition) is 4. The number of anilines is 2. The molecule has 21 heavy (non-hydrogen) atoms. The minimum Gasteiger partial charge on any atom is -0.274 e. The Labute approximate surface area is 117 Å². The summed E-state index contributed by atoms with van der Waals surface area (Å²) in [5.41, 5.74) is -0.247. The first-order chi connectivity index (χ1) is 9.90. The van der Waals surface area contributed by atoms with E-state index in [1.54, 1.807) is 0 Å². The van der Waals surface area contributed by atoms with E-state index >= 15 is 0 Å². The first kappa shape index (κ1) is 14.5. The summed E-state index contributed by atoms with van der Waals surface area (Å²) in [6.07, 6.45) is 1.16. The van der Waals surface area contributed by atoms with Crippen LogP contribution in [0.4, 0.5) is 26.0 Å². The average molecular weight is 293 g/mol. The van der Waals surface area contributed by atoms with Crippen molar-refractivity contribution in [2.45, 2.75) is 6.92 Å². The quantitative estimate of drug-likeness (QED) is 0.644.